The van der Waals surface area contributed by atoms with Crippen LogP contribution in [0.5, 0.6) is 5.75 Å². The Morgan fingerprint density at radius 2 is 2.25 bits per heavy atom. The van der Waals surface area contributed by atoms with Gasteiger partial charge in [-0.15, -0.1) is 0 Å². The fourth-order valence-electron chi connectivity index (χ4n) is 2.35. The highest BCUT2D eigenvalue weighted by Crippen LogP contribution is 2.33. The number of aromatic hydroxyl groups is 1. The molecule has 1 fully saturated rings. The molecular weight excluding hydrogens is 222 g/mol. The van der Waals surface area contributed by atoms with Crippen LogP contribution in [-0.4, -0.2) is 18.2 Å². The number of rotatable bonds is 2. The SMILES string of the molecule is Cc1cc(Cl)c(C)c(O)c1CC1CCNC1. The van der Waals surface area contributed by atoms with Crippen LogP contribution in [0.3, 0.4) is 0 Å². The molecule has 1 unspecified atom stereocenters. The van der Waals surface area contributed by atoms with Crippen molar-refractivity contribution in [3.63, 3.8) is 0 Å². The minimum atomic E-state index is 0.386. The van der Waals surface area contributed by atoms with Gasteiger partial charge in [0, 0.05) is 10.6 Å². The van der Waals surface area contributed by atoms with Crippen molar-refractivity contribution in [2.45, 2.75) is 26.7 Å². The summed E-state index contributed by atoms with van der Waals surface area (Å²) in [6.45, 7) is 6.04. The lowest BCUT2D eigenvalue weighted by Crippen LogP contribution is -2.11. The average molecular weight is 240 g/mol. The monoisotopic (exact) mass is 239 g/mol. The molecule has 0 amide bonds. The van der Waals surface area contributed by atoms with Crippen LogP contribution in [0.4, 0.5) is 0 Å². The van der Waals surface area contributed by atoms with E-state index in [9.17, 15) is 5.11 Å². The van der Waals surface area contributed by atoms with Gasteiger partial charge in [-0.1, -0.05) is 11.6 Å². The summed E-state index contributed by atoms with van der Waals surface area (Å²) in [7, 11) is 0. The van der Waals surface area contributed by atoms with Crippen LogP contribution in [0.2, 0.25) is 5.02 Å². The number of benzene rings is 1. The smallest absolute Gasteiger partial charge is 0.123 e. The summed E-state index contributed by atoms with van der Waals surface area (Å²) in [5.74, 6) is 1.03. The summed E-state index contributed by atoms with van der Waals surface area (Å²) in [5.41, 5.74) is 2.96. The Bertz CT molecular complexity index is 397. The fraction of sp³-hybridized carbons (Fsp3) is 0.538. The fourth-order valence-corrected chi connectivity index (χ4v) is 2.60. The van der Waals surface area contributed by atoms with Gasteiger partial charge in [0.25, 0.3) is 0 Å². The molecule has 2 nitrogen and oxygen atoms in total. The van der Waals surface area contributed by atoms with Gasteiger partial charge in [-0.3, -0.25) is 0 Å². The molecule has 2 N–H and O–H groups in total. The highest BCUT2D eigenvalue weighted by atomic mass is 35.5. The van der Waals surface area contributed by atoms with Crippen LogP contribution in [0, 0.1) is 19.8 Å². The summed E-state index contributed by atoms with van der Waals surface area (Å²) >= 11 is 6.04. The van der Waals surface area contributed by atoms with Crippen molar-refractivity contribution in [1.82, 2.24) is 5.32 Å². The summed E-state index contributed by atoms with van der Waals surface area (Å²) in [6.07, 6.45) is 2.14. The lowest BCUT2D eigenvalue weighted by atomic mass is 9.93. The summed E-state index contributed by atoms with van der Waals surface area (Å²) in [5, 5.41) is 14.1. The Morgan fingerprint density at radius 3 is 2.88 bits per heavy atom. The quantitative estimate of drug-likeness (QED) is 0.832. The molecule has 1 aliphatic heterocycles. The number of phenols is 1. The van der Waals surface area contributed by atoms with Crippen LogP contribution in [0.15, 0.2) is 6.07 Å². The van der Waals surface area contributed by atoms with Crippen molar-refractivity contribution in [2.24, 2.45) is 5.92 Å². The molecule has 88 valence electrons. The third-order valence-electron chi connectivity index (χ3n) is 3.47. The molecule has 2 rings (SSSR count). The first-order valence-corrected chi connectivity index (χ1v) is 6.15. The summed E-state index contributed by atoms with van der Waals surface area (Å²) in [4.78, 5) is 0. The molecule has 1 aromatic carbocycles. The largest absolute Gasteiger partial charge is 0.507 e. The van der Waals surface area contributed by atoms with E-state index in [-0.39, 0.29) is 0 Å². The lowest BCUT2D eigenvalue weighted by molar-refractivity contribution is 0.454. The third kappa shape index (κ3) is 2.18. The summed E-state index contributed by atoms with van der Waals surface area (Å²) in [6, 6.07) is 1.95. The molecule has 1 saturated heterocycles. The lowest BCUT2D eigenvalue weighted by Gasteiger charge is -2.15. The van der Waals surface area contributed by atoms with Crippen molar-refractivity contribution in [1.29, 1.82) is 0 Å². The van der Waals surface area contributed by atoms with Crippen LogP contribution in [0.1, 0.15) is 23.1 Å². The number of hydrogen-bond acceptors (Lipinski definition) is 2. The molecular formula is C13H18ClNO. The van der Waals surface area contributed by atoms with Crippen molar-refractivity contribution in [3.8, 4) is 5.75 Å². The van der Waals surface area contributed by atoms with Crippen molar-refractivity contribution in [3.05, 3.63) is 27.8 Å². The van der Waals surface area contributed by atoms with Gasteiger partial charge in [0.05, 0.1) is 0 Å². The first-order chi connectivity index (χ1) is 7.59. The molecule has 16 heavy (non-hydrogen) atoms. The molecule has 0 radical (unpaired) electrons. The van der Waals surface area contributed by atoms with Gasteiger partial charge in [0.2, 0.25) is 0 Å². The zero-order chi connectivity index (χ0) is 11.7. The van der Waals surface area contributed by atoms with Gasteiger partial charge in [-0.2, -0.15) is 0 Å². The molecule has 0 saturated carbocycles. The maximum atomic E-state index is 10.1. The molecule has 0 aliphatic carbocycles. The third-order valence-corrected chi connectivity index (χ3v) is 3.87. The van der Waals surface area contributed by atoms with Gasteiger partial charge < -0.3 is 10.4 Å². The molecule has 1 atom stereocenters. The van der Waals surface area contributed by atoms with E-state index in [0.717, 1.165) is 36.2 Å². The Morgan fingerprint density at radius 1 is 1.50 bits per heavy atom. The highest BCUT2D eigenvalue weighted by Gasteiger charge is 2.19. The van der Waals surface area contributed by atoms with E-state index in [0.29, 0.717) is 16.7 Å². The van der Waals surface area contributed by atoms with E-state index >= 15 is 0 Å². The van der Waals surface area contributed by atoms with Gasteiger partial charge in [0.1, 0.15) is 5.75 Å². The van der Waals surface area contributed by atoms with Gasteiger partial charge in [0.15, 0.2) is 0 Å². The second-order valence-electron chi connectivity index (χ2n) is 4.69. The van der Waals surface area contributed by atoms with Gasteiger partial charge in [-0.05, 0) is 62.9 Å². The first kappa shape index (κ1) is 11.7. The van der Waals surface area contributed by atoms with Crippen molar-refractivity contribution >= 4 is 11.6 Å². The summed E-state index contributed by atoms with van der Waals surface area (Å²) < 4.78 is 0. The maximum absolute atomic E-state index is 10.1. The number of phenolic OH excluding ortho intramolecular Hbond substituents is 1. The topological polar surface area (TPSA) is 32.3 Å². The second kappa shape index (κ2) is 4.64. The Labute approximate surface area is 102 Å². The second-order valence-corrected chi connectivity index (χ2v) is 5.10. The van der Waals surface area contributed by atoms with E-state index in [1.54, 1.807) is 0 Å². The Kier molecular flexibility index (Phi) is 3.41. The Balaban J connectivity index is 2.28. The zero-order valence-electron chi connectivity index (χ0n) is 9.81. The molecule has 0 bridgehead atoms. The number of nitrogens with one attached hydrogen (secondary N) is 1. The molecule has 1 heterocycles. The van der Waals surface area contributed by atoms with E-state index in [1.165, 1.54) is 6.42 Å². The number of aryl methyl sites for hydroxylation is 1. The van der Waals surface area contributed by atoms with Gasteiger partial charge >= 0.3 is 0 Å². The number of halogens is 1. The van der Waals surface area contributed by atoms with Crippen LogP contribution >= 0.6 is 11.6 Å². The predicted molar refractivity (Wildman–Crippen MR) is 67.3 cm³/mol. The zero-order valence-corrected chi connectivity index (χ0v) is 10.6. The minimum absolute atomic E-state index is 0.386. The van der Waals surface area contributed by atoms with E-state index < -0.39 is 0 Å². The number of hydrogen-bond donors (Lipinski definition) is 2. The minimum Gasteiger partial charge on any atom is -0.507 e. The van der Waals surface area contributed by atoms with Crippen LogP contribution < -0.4 is 5.32 Å². The van der Waals surface area contributed by atoms with Crippen molar-refractivity contribution < 1.29 is 5.11 Å². The first-order valence-electron chi connectivity index (χ1n) is 5.78. The predicted octanol–water partition coefficient (Wildman–Crippen LogP) is 2.81. The molecule has 0 spiro atoms. The van der Waals surface area contributed by atoms with E-state index in [1.807, 2.05) is 19.9 Å². The van der Waals surface area contributed by atoms with Crippen LogP contribution in [0.25, 0.3) is 0 Å². The normalized spacial score (nSPS) is 20.3. The molecule has 3 heteroatoms. The Hall–Kier alpha value is -0.730. The van der Waals surface area contributed by atoms with E-state index in [4.69, 9.17) is 11.6 Å². The van der Waals surface area contributed by atoms with Crippen LogP contribution in [-0.2, 0) is 6.42 Å². The molecule has 1 aliphatic rings. The van der Waals surface area contributed by atoms with Gasteiger partial charge in [-0.25, -0.2) is 0 Å². The van der Waals surface area contributed by atoms with Crippen molar-refractivity contribution in [2.75, 3.05) is 13.1 Å². The maximum Gasteiger partial charge on any atom is 0.123 e. The molecule has 0 aromatic heterocycles. The van der Waals surface area contributed by atoms with E-state index in [2.05, 4.69) is 5.32 Å². The molecule has 1 aromatic rings. The highest BCUT2D eigenvalue weighted by molar-refractivity contribution is 6.31. The average Bonchev–Trinajstić information content (AvgIpc) is 2.74. The standard InChI is InChI=1S/C13H18ClNO/c1-8-5-12(14)9(2)13(16)11(8)6-10-3-4-15-7-10/h5,10,15-16H,3-4,6-7H2,1-2H3.